The first-order valence-electron chi connectivity index (χ1n) is 7.20. The zero-order valence-electron chi connectivity index (χ0n) is 13.2. The van der Waals surface area contributed by atoms with Crippen LogP contribution in [0.15, 0.2) is 23.6 Å². The number of anilines is 1. The van der Waals surface area contributed by atoms with Crippen molar-refractivity contribution in [3.05, 3.63) is 29.6 Å². The van der Waals surface area contributed by atoms with Crippen LogP contribution in [0.3, 0.4) is 0 Å². The van der Waals surface area contributed by atoms with E-state index in [2.05, 4.69) is 22.2 Å². The molecule has 2 N–H and O–H groups in total. The summed E-state index contributed by atoms with van der Waals surface area (Å²) in [6.07, 6.45) is 5.59. The van der Waals surface area contributed by atoms with Gasteiger partial charge in [-0.2, -0.15) is 0 Å². The molecular formula is C15H20N6S. The van der Waals surface area contributed by atoms with Crippen LogP contribution in [0.5, 0.6) is 0 Å². The lowest BCUT2D eigenvalue weighted by molar-refractivity contribution is 0.701. The van der Waals surface area contributed by atoms with Gasteiger partial charge < -0.3 is 14.5 Å². The summed E-state index contributed by atoms with van der Waals surface area (Å²) in [4.78, 5) is 8.84. The van der Waals surface area contributed by atoms with Gasteiger partial charge in [0.25, 0.3) is 0 Å². The van der Waals surface area contributed by atoms with Crippen molar-refractivity contribution in [1.29, 1.82) is 5.41 Å². The van der Waals surface area contributed by atoms with Gasteiger partial charge in [-0.1, -0.05) is 0 Å². The second-order valence-electron chi connectivity index (χ2n) is 5.25. The maximum absolute atomic E-state index is 8.58. The summed E-state index contributed by atoms with van der Waals surface area (Å²) in [5, 5.41) is 12.0. The molecule has 3 rings (SSSR count). The minimum absolute atomic E-state index is 0.00672. The molecule has 2 aromatic heterocycles. The number of aryl methyl sites for hydroxylation is 1. The van der Waals surface area contributed by atoms with Gasteiger partial charge in [0, 0.05) is 30.4 Å². The molecule has 1 atom stereocenters. The molecule has 3 heterocycles. The van der Waals surface area contributed by atoms with Gasteiger partial charge in [-0.15, -0.1) is 11.8 Å². The lowest BCUT2D eigenvalue weighted by atomic mass is 10.1. The number of nitrogens with zero attached hydrogens (tertiary/aromatic N) is 4. The first kappa shape index (κ1) is 14.9. The third kappa shape index (κ3) is 2.25. The number of nitrogens with one attached hydrogen (secondary N) is 2. The van der Waals surface area contributed by atoms with Crippen LogP contribution in [0.4, 0.5) is 5.82 Å². The number of imidazole rings is 1. The summed E-state index contributed by atoms with van der Waals surface area (Å²) in [5.41, 5.74) is 4.37. The Kier molecular flexibility index (Phi) is 3.82. The molecule has 0 saturated carbocycles. The highest BCUT2D eigenvalue weighted by atomic mass is 32.2. The summed E-state index contributed by atoms with van der Waals surface area (Å²) < 4.78 is 3.94. The third-order valence-corrected chi connectivity index (χ3v) is 4.60. The van der Waals surface area contributed by atoms with E-state index in [4.69, 9.17) is 5.41 Å². The van der Waals surface area contributed by atoms with E-state index < -0.39 is 0 Å². The molecule has 0 amide bonds. The second-order valence-corrected chi connectivity index (χ2v) is 6.17. The van der Waals surface area contributed by atoms with Crippen molar-refractivity contribution in [2.45, 2.75) is 25.9 Å². The van der Waals surface area contributed by atoms with E-state index in [9.17, 15) is 0 Å². The Hall–Kier alpha value is -2.02. The number of aromatic nitrogens is 3. The van der Waals surface area contributed by atoms with Crippen molar-refractivity contribution in [2.24, 2.45) is 12.0 Å². The number of rotatable bonds is 3. The predicted octanol–water partition coefficient (Wildman–Crippen LogP) is 2.27. The van der Waals surface area contributed by atoms with Crippen molar-refractivity contribution >= 4 is 23.3 Å². The Morgan fingerprint density at radius 2 is 2.18 bits per heavy atom. The smallest absolute Gasteiger partial charge is 0.167 e. The molecule has 0 bridgehead atoms. The highest BCUT2D eigenvalue weighted by Gasteiger charge is 2.22. The lowest BCUT2D eigenvalue weighted by Gasteiger charge is -2.27. The van der Waals surface area contributed by atoms with E-state index in [0.717, 1.165) is 34.9 Å². The van der Waals surface area contributed by atoms with Gasteiger partial charge in [0.05, 0.1) is 18.2 Å². The van der Waals surface area contributed by atoms with Gasteiger partial charge in [0.1, 0.15) is 11.3 Å². The number of thioether (sulfide) groups is 1. The Bertz CT molecular complexity index is 801. The zero-order valence-corrected chi connectivity index (χ0v) is 14.0. The molecule has 22 heavy (non-hydrogen) atoms. The van der Waals surface area contributed by atoms with Crippen molar-refractivity contribution in [3.63, 3.8) is 0 Å². The fraction of sp³-hybridized carbons (Fsp3) is 0.400. The van der Waals surface area contributed by atoms with Crippen molar-refractivity contribution in [2.75, 3.05) is 11.6 Å². The van der Waals surface area contributed by atoms with Gasteiger partial charge in [0.15, 0.2) is 5.50 Å². The molecule has 1 aliphatic rings. The highest BCUT2D eigenvalue weighted by Crippen LogP contribution is 2.28. The topological polar surface area (TPSA) is 71.0 Å². The minimum Gasteiger partial charge on any atom is -0.341 e. The van der Waals surface area contributed by atoms with Crippen molar-refractivity contribution < 1.29 is 0 Å². The Balaban J connectivity index is 2.28. The van der Waals surface area contributed by atoms with Gasteiger partial charge in [0.2, 0.25) is 0 Å². The molecule has 116 valence electrons. The van der Waals surface area contributed by atoms with Crippen LogP contribution < -0.4 is 10.8 Å². The van der Waals surface area contributed by atoms with Crippen LogP contribution in [0.2, 0.25) is 0 Å². The quantitative estimate of drug-likeness (QED) is 0.912. The Labute approximate surface area is 133 Å². The van der Waals surface area contributed by atoms with Gasteiger partial charge in [-0.3, -0.25) is 10.4 Å². The fourth-order valence-electron chi connectivity index (χ4n) is 2.75. The number of hydrogen-bond acceptors (Lipinski definition) is 5. The van der Waals surface area contributed by atoms with Crippen molar-refractivity contribution in [1.82, 2.24) is 14.1 Å². The minimum atomic E-state index is 0.00672. The number of fused-ring (bicyclic) bond motifs is 1. The monoisotopic (exact) mass is 316 g/mol. The van der Waals surface area contributed by atoms with Crippen LogP contribution in [0.1, 0.15) is 19.4 Å². The third-order valence-electron chi connectivity index (χ3n) is 3.93. The highest BCUT2D eigenvalue weighted by molar-refractivity contribution is 7.99. The normalized spacial score (nSPS) is 16.9. The molecule has 1 unspecified atom stereocenters. The van der Waals surface area contributed by atoms with E-state index in [-0.39, 0.29) is 5.50 Å². The predicted molar refractivity (Wildman–Crippen MR) is 91.3 cm³/mol. The van der Waals surface area contributed by atoms with E-state index in [1.165, 1.54) is 0 Å². The molecule has 7 heteroatoms. The number of pyridine rings is 1. The molecule has 0 saturated heterocycles. The van der Waals surface area contributed by atoms with Crippen LogP contribution in [-0.2, 0) is 13.6 Å². The average molecular weight is 316 g/mol. The summed E-state index contributed by atoms with van der Waals surface area (Å²) >= 11 is 1.66. The van der Waals surface area contributed by atoms with Crippen LogP contribution in [0.25, 0.3) is 11.3 Å². The summed E-state index contributed by atoms with van der Waals surface area (Å²) in [7, 11) is 1.94. The fourth-order valence-corrected chi connectivity index (χ4v) is 3.24. The number of hydrogen-bond donors (Lipinski definition) is 2. The maximum Gasteiger partial charge on any atom is 0.167 e. The van der Waals surface area contributed by atoms with Crippen LogP contribution in [-0.4, -0.2) is 31.6 Å². The van der Waals surface area contributed by atoms with Crippen molar-refractivity contribution in [3.8, 4) is 11.3 Å². The standard InChI is InChI=1S/C15H20N6S/c1-5-21-13(16)11(12-7-17-8-20(12)3)6-10-9(2)18-15(22-4)19-14(10)21/h6-8,15-16,19H,5H2,1-4H3. The maximum atomic E-state index is 8.58. The second kappa shape index (κ2) is 5.64. The molecule has 2 aromatic rings. The van der Waals surface area contributed by atoms with Gasteiger partial charge in [-0.25, -0.2) is 4.98 Å². The summed E-state index contributed by atoms with van der Waals surface area (Å²) in [5.74, 6) is 0.977. The molecular weight excluding hydrogens is 296 g/mol. The SMILES string of the molecule is CCn1c2c(cc(-c3cncn3C)c1=N)C(C)=NC(SC)N2. The average Bonchev–Trinajstić information content (AvgIpc) is 2.92. The van der Waals surface area contributed by atoms with Crippen LogP contribution in [0, 0.1) is 5.41 Å². The van der Waals surface area contributed by atoms with E-state index >= 15 is 0 Å². The number of aliphatic imine (C=N–C) groups is 1. The Morgan fingerprint density at radius 3 is 2.77 bits per heavy atom. The van der Waals surface area contributed by atoms with Crippen LogP contribution >= 0.6 is 11.8 Å². The molecule has 0 spiro atoms. The molecule has 0 aromatic carbocycles. The summed E-state index contributed by atoms with van der Waals surface area (Å²) in [6.45, 7) is 4.82. The first-order valence-corrected chi connectivity index (χ1v) is 8.48. The zero-order chi connectivity index (χ0) is 15.9. The summed E-state index contributed by atoms with van der Waals surface area (Å²) in [6, 6.07) is 2.04. The molecule has 0 aliphatic carbocycles. The first-order chi connectivity index (χ1) is 10.6. The van der Waals surface area contributed by atoms with E-state index in [0.29, 0.717) is 5.49 Å². The Morgan fingerprint density at radius 1 is 1.41 bits per heavy atom. The van der Waals surface area contributed by atoms with E-state index in [1.807, 2.05) is 35.4 Å². The van der Waals surface area contributed by atoms with Gasteiger partial charge in [-0.05, 0) is 26.2 Å². The van der Waals surface area contributed by atoms with Gasteiger partial charge >= 0.3 is 0 Å². The molecule has 6 nitrogen and oxygen atoms in total. The molecule has 1 aliphatic heterocycles. The van der Waals surface area contributed by atoms with E-state index in [1.54, 1.807) is 24.3 Å². The molecule has 0 fully saturated rings. The lowest BCUT2D eigenvalue weighted by Crippen LogP contribution is -2.32. The molecule has 0 radical (unpaired) electrons. The largest absolute Gasteiger partial charge is 0.341 e.